The van der Waals surface area contributed by atoms with Gasteiger partial charge in [0.05, 0.1) is 25.6 Å². The fourth-order valence-corrected chi connectivity index (χ4v) is 3.50. The average molecular weight is 437 g/mol. The Morgan fingerprint density at radius 3 is 2.25 bits per heavy atom. The lowest BCUT2D eigenvalue weighted by molar-refractivity contribution is -0.137. The third-order valence-corrected chi connectivity index (χ3v) is 5.35. The normalized spacial score (nSPS) is 12.9. The van der Waals surface area contributed by atoms with Gasteiger partial charge in [-0.15, -0.1) is 5.92 Å². The molecule has 0 radical (unpaired) electrons. The number of carbonyl (C=O) groups is 1. The first-order valence-corrected chi connectivity index (χ1v) is 11.3. The Hall–Kier alpha value is -2.93. The third-order valence-electron chi connectivity index (χ3n) is 5.35. The minimum Gasteiger partial charge on any atom is -0.493 e. The lowest BCUT2D eigenvalue weighted by Crippen LogP contribution is -2.20. The van der Waals surface area contributed by atoms with Crippen LogP contribution in [-0.4, -0.2) is 24.3 Å². The van der Waals surface area contributed by atoms with Crippen LogP contribution >= 0.6 is 0 Å². The van der Waals surface area contributed by atoms with Crippen molar-refractivity contribution >= 4 is 5.97 Å². The minimum atomic E-state index is -0.853. The van der Waals surface area contributed by atoms with Crippen molar-refractivity contribution in [3.05, 3.63) is 59.7 Å². The average Bonchev–Trinajstić information content (AvgIpc) is 2.75. The van der Waals surface area contributed by atoms with Crippen LogP contribution in [0.25, 0.3) is 0 Å². The smallest absolute Gasteiger partial charge is 0.304 e. The van der Waals surface area contributed by atoms with Gasteiger partial charge < -0.3 is 14.6 Å². The van der Waals surface area contributed by atoms with E-state index >= 15 is 0 Å². The fourth-order valence-electron chi connectivity index (χ4n) is 3.50. The predicted octanol–water partition coefficient (Wildman–Crippen LogP) is 6.44. The molecule has 0 aliphatic heterocycles. The second-order valence-corrected chi connectivity index (χ2v) is 9.17. The van der Waals surface area contributed by atoms with Gasteiger partial charge in [-0.25, -0.2) is 0 Å². The molecular formula is C28H36O4. The molecule has 2 aromatic carbocycles. The quantitative estimate of drug-likeness (QED) is 0.412. The zero-order chi connectivity index (χ0) is 23.6. The highest BCUT2D eigenvalue weighted by Crippen LogP contribution is 2.26. The SMILES string of the molecule is CC#CC(CC(=O)O)c1ccc(OCC(CCC)COc2cccc(C(C)(C)C)c2)cc1. The van der Waals surface area contributed by atoms with Crippen molar-refractivity contribution in [2.45, 2.75) is 65.2 Å². The summed E-state index contributed by atoms with van der Waals surface area (Å²) in [6, 6.07) is 15.9. The molecule has 0 saturated heterocycles. The maximum atomic E-state index is 11.1. The van der Waals surface area contributed by atoms with Crippen LogP contribution in [0, 0.1) is 17.8 Å². The van der Waals surface area contributed by atoms with Gasteiger partial charge in [-0.3, -0.25) is 4.79 Å². The molecule has 0 aliphatic rings. The third kappa shape index (κ3) is 8.30. The number of rotatable bonds is 11. The zero-order valence-corrected chi connectivity index (χ0v) is 20.0. The Morgan fingerprint density at radius 2 is 1.69 bits per heavy atom. The molecule has 2 aromatic rings. The van der Waals surface area contributed by atoms with Gasteiger partial charge in [-0.1, -0.05) is 64.3 Å². The van der Waals surface area contributed by atoms with Crippen molar-refractivity contribution in [3.8, 4) is 23.3 Å². The topological polar surface area (TPSA) is 55.8 Å². The van der Waals surface area contributed by atoms with E-state index in [1.807, 2.05) is 36.4 Å². The molecule has 2 rings (SSSR count). The molecule has 1 N–H and O–H groups in total. The molecule has 4 heteroatoms. The number of aliphatic carboxylic acids is 1. The molecule has 32 heavy (non-hydrogen) atoms. The highest BCUT2D eigenvalue weighted by atomic mass is 16.5. The van der Waals surface area contributed by atoms with Gasteiger partial charge in [-0.05, 0) is 54.2 Å². The summed E-state index contributed by atoms with van der Waals surface area (Å²) in [5.41, 5.74) is 2.23. The van der Waals surface area contributed by atoms with E-state index in [0.29, 0.717) is 13.2 Å². The minimum absolute atomic E-state index is 0.00658. The van der Waals surface area contributed by atoms with Crippen LogP contribution in [0.2, 0.25) is 0 Å². The Balaban J connectivity index is 1.96. The molecule has 0 bridgehead atoms. The fraction of sp³-hybridized carbons (Fsp3) is 0.464. The van der Waals surface area contributed by atoms with Gasteiger partial charge in [-0.2, -0.15) is 0 Å². The van der Waals surface area contributed by atoms with Crippen molar-refractivity contribution < 1.29 is 19.4 Å². The zero-order valence-electron chi connectivity index (χ0n) is 20.0. The molecule has 0 aromatic heterocycles. The van der Waals surface area contributed by atoms with Crippen molar-refractivity contribution in [1.29, 1.82) is 0 Å². The summed E-state index contributed by atoms with van der Waals surface area (Å²) < 4.78 is 12.1. The number of carboxylic acids is 1. The van der Waals surface area contributed by atoms with Gasteiger partial charge >= 0.3 is 5.97 Å². The van der Waals surface area contributed by atoms with Crippen LogP contribution < -0.4 is 9.47 Å². The van der Waals surface area contributed by atoms with Crippen LogP contribution in [-0.2, 0) is 10.2 Å². The highest BCUT2D eigenvalue weighted by molar-refractivity contribution is 5.69. The van der Waals surface area contributed by atoms with Gasteiger partial charge in [0, 0.05) is 5.92 Å². The maximum absolute atomic E-state index is 11.1. The summed E-state index contributed by atoms with van der Waals surface area (Å²) in [7, 11) is 0. The molecular weight excluding hydrogens is 400 g/mol. The van der Waals surface area contributed by atoms with Crippen LogP contribution in [0.15, 0.2) is 48.5 Å². The largest absolute Gasteiger partial charge is 0.493 e. The number of hydrogen-bond donors (Lipinski definition) is 1. The molecule has 0 spiro atoms. The lowest BCUT2D eigenvalue weighted by Gasteiger charge is -2.21. The predicted molar refractivity (Wildman–Crippen MR) is 129 cm³/mol. The van der Waals surface area contributed by atoms with E-state index in [2.05, 4.69) is 51.7 Å². The first-order chi connectivity index (χ1) is 15.2. The van der Waals surface area contributed by atoms with E-state index in [4.69, 9.17) is 14.6 Å². The van der Waals surface area contributed by atoms with Crippen LogP contribution in [0.1, 0.15) is 70.9 Å². The van der Waals surface area contributed by atoms with Crippen molar-refractivity contribution in [2.75, 3.05) is 13.2 Å². The molecule has 4 nitrogen and oxygen atoms in total. The number of ether oxygens (including phenoxy) is 2. The molecule has 0 saturated carbocycles. The maximum Gasteiger partial charge on any atom is 0.304 e. The second-order valence-electron chi connectivity index (χ2n) is 9.17. The van der Waals surface area contributed by atoms with Gasteiger partial charge in [0.2, 0.25) is 0 Å². The van der Waals surface area contributed by atoms with E-state index < -0.39 is 5.97 Å². The van der Waals surface area contributed by atoms with E-state index in [9.17, 15) is 4.79 Å². The van der Waals surface area contributed by atoms with Crippen LogP contribution in [0.4, 0.5) is 0 Å². The van der Waals surface area contributed by atoms with Crippen LogP contribution in [0.5, 0.6) is 11.5 Å². The molecule has 2 atom stereocenters. The number of benzene rings is 2. The van der Waals surface area contributed by atoms with Crippen molar-refractivity contribution in [3.63, 3.8) is 0 Å². The first kappa shape index (κ1) is 25.3. The Kier molecular flexibility index (Phi) is 9.65. The molecule has 172 valence electrons. The first-order valence-electron chi connectivity index (χ1n) is 11.3. The summed E-state index contributed by atoms with van der Waals surface area (Å²) >= 11 is 0. The Bertz CT molecular complexity index is 913. The van der Waals surface area contributed by atoms with E-state index in [1.165, 1.54) is 5.56 Å². The summed E-state index contributed by atoms with van der Waals surface area (Å²) in [4.78, 5) is 11.1. The molecule has 2 unspecified atom stereocenters. The molecule has 0 aliphatic carbocycles. The molecule has 0 fully saturated rings. The molecule has 0 amide bonds. The second kappa shape index (κ2) is 12.2. The summed E-state index contributed by atoms with van der Waals surface area (Å²) in [5, 5.41) is 9.11. The summed E-state index contributed by atoms with van der Waals surface area (Å²) in [5.74, 6) is 6.57. The Labute approximate surface area is 193 Å². The van der Waals surface area contributed by atoms with E-state index in [-0.39, 0.29) is 23.7 Å². The van der Waals surface area contributed by atoms with Gasteiger partial charge in [0.15, 0.2) is 0 Å². The molecule has 0 heterocycles. The van der Waals surface area contributed by atoms with E-state index in [0.717, 1.165) is 29.9 Å². The summed E-state index contributed by atoms with van der Waals surface area (Å²) in [6.07, 6.45) is 2.07. The van der Waals surface area contributed by atoms with Crippen molar-refractivity contribution in [2.24, 2.45) is 5.92 Å². The van der Waals surface area contributed by atoms with Gasteiger partial charge in [0.1, 0.15) is 11.5 Å². The van der Waals surface area contributed by atoms with E-state index in [1.54, 1.807) is 6.92 Å². The monoisotopic (exact) mass is 436 g/mol. The standard InChI is InChI=1S/C28H36O4/c1-6-9-21(20-32-26-12-8-11-24(18-26)28(3,4)5)19-31-25-15-13-22(14-16-25)23(10-7-2)17-27(29)30/h8,11-16,18,21,23H,6,9,17,19-20H2,1-5H3,(H,29,30). The highest BCUT2D eigenvalue weighted by Gasteiger charge is 2.16. The number of hydrogen-bond acceptors (Lipinski definition) is 3. The van der Waals surface area contributed by atoms with Gasteiger partial charge in [0.25, 0.3) is 0 Å². The lowest BCUT2D eigenvalue weighted by atomic mass is 9.87. The van der Waals surface area contributed by atoms with Crippen LogP contribution in [0.3, 0.4) is 0 Å². The number of carboxylic acid groups (broad SMARTS) is 1. The summed E-state index contributed by atoms with van der Waals surface area (Å²) in [6.45, 7) is 11.7. The Morgan fingerprint density at radius 1 is 1.03 bits per heavy atom. The van der Waals surface area contributed by atoms with Crippen molar-refractivity contribution in [1.82, 2.24) is 0 Å².